The van der Waals surface area contributed by atoms with Gasteiger partial charge < -0.3 is 4.90 Å². The van der Waals surface area contributed by atoms with Gasteiger partial charge in [0.05, 0.1) is 6.26 Å². The maximum atomic E-state index is 11.5. The van der Waals surface area contributed by atoms with E-state index in [9.17, 15) is 8.42 Å². The zero-order chi connectivity index (χ0) is 14.5. The molecular formula is C11H13Cl2N3O3S. The lowest BCUT2D eigenvalue weighted by Gasteiger charge is -2.34. The number of rotatable bonds is 3. The van der Waals surface area contributed by atoms with E-state index in [1.54, 1.807) is 6.07 Å². The van der Waals surface area contributed by atoms with Crippen molar-refractivity contribution in [1.82, 2.24) is 9.97 Å². The Morgan fingerprint density at radius 2 is 2.00 bits per heavy atom. The van der Waals surface area contributed by atoms with Crippen molar-refractivity contribution in [3.05, 3.63) is 16.5 Å². The molecule has 0 unspecified atom stereocenters. The first kappa shape index (κ1) is 14.3. The fourth-order valence-electron chi connectivity index (χ4n) is 3.19. The van der Waals surface area contributed by atoms with Crippen LogP contribution in [-0.2, 0) is 14.3 Å². The van der Waals surface area contributed by atoms with Crippen LogP contribution in [0.5, 0.6) is 0 Å². The summed E-state index contributed by atoms with van der Waals surface area (Å²) in [6.45, 7) is 0. The highest BCUT2D eigenvalue weighted by Gasteiger charge is 2.55. The lowest BCUT2D eigenvalue weighted by atomic mass is 9.98. The Hall–Kier alpha value is -0.630. The van der Waals surface area contributed by atoms with Crippen molar-refractivity contribution in [1.29, 1.82) is 0 Å². The molecule has 2 aliphatic heterocycles. The molecule has 2 saturated heterocycles. The van der Waals surface area contributed by atoms with Crippen LogP contribution in [-0.4, -0.2) is 36.4 Å². The summed E-state index contributed by atoms with van der Waals surface area (Å²) in [6, 6.07) is 1.77. The molecule has 3 rings (SSSR count). The van der Waals surface area contributed by atoms with Gasteiger partial charge in [0, 0.05) is 12.1 Å². The van der Waals surface area contributed by atoms with E-state index in [2.05, 4.69) is 9.97 Å². The molecule has 0 spiro atoms. The third kappa shape index (κ3) is 2.47. The number of hydrogen-bond donors (Lipinski definition) is 0. The van der Waals surface area contributed by atoms with Gasteiger partial charge in [-0.15, -0.1) is 0 Å². The van der Waals surface area contributed by atoms with Crippen molar-refractivity contribution in [2.75, 3.05) is 11.2 Å². The molecule has 3 heterocycles. The van der Waals surface area contributed by atoms with Gasteiger partial charge in [0.25, 0.3) is 10.1 Å². The number of aromatic nitrogens is 2. The predicted octanol–water partition coefficient (Wildman–Crippen LogP) is 2.22. The van der Waals surface area contributed by atoms with Gasteiger partial charge in [0.15, 0.2) is 5.72 Å². The summed E-state index contributed by atoms with van der Waals surface area (Å²) < 4.78 is 28.5. The van der Waals surface area contributed by atoms with Crippen molar-refractivity contribution < 1.29 is 12.6 Å². The Labute approximate surface area is 127 Å². The predicted molar refractivity (Wildman–Crippen MR) is 75.4 cm³/mol. The van der Waals surface area contributed by atoms with Gasteiger partial charge in [-0.05, 0) is 37.3 Å². The minimum Gasteiger partial charge on any atom is -0.324 e. The summed E-state index contributed by atoms with van der Waals surface area (Å²) in [5.74, 6) is 0.513. The summed E-state index contributed by atoms with van der Waals surface area (Å²) in [7, 11) is -3.56. The topological polar surface area (TPSA) is 72.4 Å². The van der Waals surface area contributed by atoms with Crippen LogP contribution in [0.2, 0.25) is 10.4 Å². The van der Waals surface area contributed by atoms with Crippen molar-refractivity contribution in [2.45, 2.75) is 37.5 Å². The second kappa shape index (κ2) is 4.69. The molecule has 2 fully saturated rings. The Balaban J connectivity index is 2.03. The number of nitrogens with zero attached hydrogens (tertiary/aromatic N) is 3. The van der Waals surface area contributed by atoms with Crippen molar-refractivity contribution in [3.63, 3.8) is 0 Å². The fraction of sp³-hybridized carbons (Fsp3) is 0.636. The van der Waals surface area contributed by atoms with E-state index >= 15 is 0 Å². The molecule has 0 N–H and O–H groups in total. The molecule has 0 saturated carbocycles. The molecular weight excluding hydrogens is 325 g/mol. The minimum atomic E-state index is -3.56. The normalized spacial score (nSPS) is 29.1. The summed E-state index contributed by atoms with van der Waals surface area (Å²) in [5.41, 5.74) is -0.862. The zero-order valence-electron chi connectivity index (χ0n) is 10.7. The Morgan fingerprint density at radius 3 is 2.55 bits per heavy atom. The van der Waals surface area contributed by atoms with Crippen LogP contribution >= 0.6 is 23.2 Å². The van der Waals surface area contributed by atoms with E-state index in [1.807, 2.05) is 4.90 Å². The Morgan fingerprint density at radius 1 is 1.35 bits per heavy atom. The first-order valence-corrected chi connectivity index (χ1v) is 8.76. The summed E-state index contributed by atoms with van der Waals surface area (Å²) in [6.07, 6.45) is 4.06. The molecule has 1 aromatic rings. The Bertz CT molecular complexity index is 624. The smallest absolute Gasteiger partial charge is 0.266 e. The maximum absolute atomic E-state index is 11.5. The maximum Gasteiger partial charge on any atom is 0.266 e. The van der Waals surface area contributed by atoms with Crippen LogP contribution in [0.4, 0.5) is 5.82 Å². The van der Waals surface area contributed by atoms with Crippen molar-refractivity contribution >= 4 is 39.1 Å². The lowest BCUT2D eigenvalue weighted by molar-refractivity contribution is 0.0907. The first-order chi connectivity index (χ1) is 9.29. The van der Waals surface area contributed by atoms with Crippen molar-refractivity contribution in [2.24, 2.45) is 0 Å². The van der Waals surface area contributed by atoms with Crippen LogP contribution < -0.4 is 4.90 Å². The second-order valence-corrected chi connectivity index (χ2v) is 7.45. The third-order valence-corrected chi connectivity index (χ3v) is 4.72. The third-order valence-electron chi connectivity index (χ3n) is 3.75. The van der Waals surface area contributed by atoms with Crippen LogP contribution in [0, 0.1) is 0 Å². The number of halogens is 2. The van der Waals surface area contributed by atoms with Gasteiger partial charge in [-0.1, -0.05) is 11.6 Å². The van der Waals surface area contributed by atoms with E-state index in [0.717, 1.165) is 19.1 Å². The highest BCUT2D eigenvalue weighted by Crippen LogP contribution is 2.49. The highest BCUT2D eigenvalue weighted by molar-refractivity contribution is 7.86. The van der Waals surface area contributed by atoms with E-state index in [-0.39, 0.29) is 16.5 Å². The summed E-state index contributed by atoms with van der Waals surface area (Å²) in [5, 5.41) is 0.258. The first-order valence-electron chi connectivity index (χ1n) is 6.19. The van der Waals surface area contributed by atoms with Gasteiger partial charge >= 0.3 is 0 Å². The Kier molecular flexibility index (Phi) is 3.36. The lowest BCUT2D eigenvalue weighted by Crippen LogP contribution is -2.45. The van der Waals surface area contributed by atoms with Gasteiger partial charge in [-0.3, -0.25) is 0 Å². The van der Waals surface area contributed by atoms with Crippen molar-refractivity contribution in [3.8, 4) is 0 Å². The summed E-state index contributed by atoms with van der Waals surface area (Å²) in [4.78, 5) is 9.84. The quantitative estimate of drug-likeness (QED) is 0.478. The fourth-order valence-corrected chi connectivity index (χ4v) is 4.40. The van der Waals surface area contributed by atoms with E-state index in [4.69, 9.17) is 27.4 Å². The minimum absolute atomic E-state index is 0.0355. The highest BCUT2D eigenvalue weighted by atomic mass is 35.5. The molecule has 0 radical (unpaired) electrons. The van der Waals surface area contributed by atoms with E-state index in [0.29, 0.717) is 18.7 Å². The van der Waals surface area contributed by atoms with Gasteiger partial charge in [0.2, 0.25) is 5.28 Å². The van der Waals surface area contributed by atoms with Gasteiger partial charge in [0.1, 0.15) is 11.0 Å². The molecule has 0 amide bonds. The molecule has 6 nitrogen and oxygen atoms in total. The van der Waals surface area contributed by atoms with Gasteiger partial charge in [-0.2, -0.15) is 8.42 Å². The molecule has 2 aliphatic rings. The average Bonchev–Trinajstić information content (AvgIpc) is 2.78. The molecule has 9 heteroatoms. The van der Waals surface area contributed by atoms with Crippen LogP contribution in [0.25, 0.3) is 0 Å². The van der Waals surface area contributed by atoms with E-state index in [1.165, 1.54) is 0 Å². The monoisotopic (exact) mass is 337 g/mol. The molecule has 0 aromatic carbocycles. The summed E-state index contributed by atoms with van der Waals surface area (Å²) >= 11 is 11.7. The molecule has 1 aromatic heterocycles. The molecule has 110 valence electrons. The largest absolute Gasteiger partial charge is 0.324 e. The SMILES string of the molecule is CS(=O)(=O)OC12CCC(CC1)N2c1cc(Cl)nc(Cl)n1. The van der Waals surface area contributed by atoms with Crippen LogP contribution in [0.1, 0.15) is 25.7 Å². The second-order valence-electron chi connectivity index (χ2n) is 5.15. The number of fused-ring (bicyclic) bond motifs is 2. The standard InChI is InChI=1S/C11H13Cl2N3O3S/c1-20(17,18)19-11-4-2-7(3-5-11)16(11)9-6-8(12)14-10(13)15-9/h6-7H,2-5H2,1H3. The average molecular weight is 338 g/mol. The zero-order valence-corrected chi connectivity index (χ0v) is 13.0. The molecule has 20 heavy (non-hydrogen) atoms. The van der Waals surface area contributed by atoms with Crippen LogP contribution in [0.15, 0.2) is 6.07 Å². The van der Waals surface area contributed by atoms with Crippen LogP contribution in [0.3, 0.4) is 0 Å². The molecule has 0 aliphatic carbocycles. The molecule has 2 bridgehead atoms. The number of hydrogen-bond acceptors (Lipinski definition) is 6. The number of anilines is 1. The molecule has 0 atom stereocenters. The van der Waals surface area contributed by atoms with Gasteiger partial charge in [-0.25, -0.2) is 14.2 Å². The van der Waals surface area contributed by atoms with E-state index < -0.39 is 15.8 Å².